The number of aromatic amines is 1. The van der Waals surface area contributed by atoms with Gasteiger partial charge >= 0.3 is 0 Å². The highest BCUT2D eigenvalue weighted by molar-refractivity contribution is 5.96. The molecule has 0 atom stereocenters. The minimum Gasteiger partial charge on any atom is -0.349 e. The van der Waals surface area contributed by atoms with Crippen molar-refractivity contribution in [3.63, 3.8) is 0 Å². The van der Waals surface area contributed by atoms with E-state index in [2.05, 4.69) is 20.8 Å². The molecule has 6 nitrogen and oxygen atoms in total. The number of nitrogens with zero attached hydrogens (tertiary/aromatic N) is 1. The number of hydrogen-bond acceptors (Lipinski definition) is 3. The number of amides is 2. The van der Waals surface area contributed by atoms with E-state index in [0.717, 1.165) is 41.5 Å². The second-order valence-electron chi connectivity index (χ2n) is 8.05. The molecular weight excluding hydrogens is 388 g/mol. The minimum absolute atomic E-state index is 0.0387. The van der Waals surface area contributed by atoms with E-state index < -0.39 is 0 Å². The van der Waals surface area contributed by atoms with Gasteiger partial charge in [-0.3, -0.25) is 14.7 Å². The maximum absolute atomic E-state index is 12.8. The van der Waals surface area contributed by atoms with Crippen molar-refractivity contribution >= 4 is 11.8 Å². The Kier molecular flexibility index (Phi) is 6.46. The van der Waals surface area contributed by atoms with Gasteiger partial charge in [0.25, 0.3) is 11.8 Å². The van der Waals surface area contributed by atoms with Crippen LogP contribution in [0.1, 0.15) is 64.4 Å². The standard InChI is InChI=1S/C25H28N4O2/c1-2-18-13-19(21-15-27-28-16-21)10-11-23(18)25(31)26-14-17-6-5-7-20(12-17)24(30)29-22-8-3-4-9-22/h5-7,10-13,15-16,22H,2-4,8-9,14H2,1H3,(H,26,31)(H,27,28)(H,29,30). The van der Waals surface area contributed by atoms with Crippen molar-refractivity contribution in [3.8, 4) is 11.1 Å². The molecule has 3 aromatic rings. The fraction of sp³-hybridized carbons (Fsp3) is 0.320. The molecule has 1 aliphatic rings. The number of benzene rings is 2. The van der Waals surface area contributed by atoms with Crippen LogP contribution in [-0.2, 0) is 13.0 Å². The van der Waals surface area contributed by atoms with E-state index in [0.29, 0.717) is 17.7 Å². The third-order valence-electron chi connectivity index (χ3n) is 5.89. The number of nitrogens with one attached hydrogen (secondary N) is 3. The Balaban J connectivity index is 1.41. The first-order valence-corrected chi connectivity index (χ1v) is 10.9. The van der Waals surface area contributed by atoms with Crippen LogP contribution in [0.3, 0.4) is 0 Å². The summed E-state index contributed by atoms with van der Waals surface area (Å²) in [6.07, 6.45) is 8.83. The lowest BCUT2D eigenvalue weighted by Crippen LogP contribution is -2.32. The minimum atomic E-state index is -0.114. The van der Waals surface area contributed by atoms with E-state index in [-0.39, 0.29) is 17.9 Å². The third kappa shape index (κ3) is 5.02. The van der Waals surface area contributed by atoms with Crippen LogP contribution in [-0.4, -0.2) is 28.1 Å². The smallest absolute Gasteiger partial charge is 0.251 e. The zero-order valence-corrected chi connectivity index (χ0v) is 17.8. The highest BCUT2D eigenvalue weighted by Crippen LogP contribution is 2.22. The van der Waals surface area contributed by atoms with Crippen LogP contribution >= 0.6 is 0 Å². The van der Waals surface area contributed by atoms with E-state index in [1.165, 1.54) is 12.8 Å². The number of H-pyrrole nitrogens is 1. The van der Waals surface area contributed by atoms with Crippen LogP contribution in [0.4, 0.5) is 0 Å². The van der Waals surface area contributed by atoms with Gasteiger partial charge in [-0.15, -0.1) is 0 Å². The summed E-state index contributed by atoms with van der Waals surface area (Å²) in [5, 5.41) is 12.9. The van der Waals surface area contributed by atoms with Crippen LogP contribution < -0.4 is 10.6 Å². The van der Waals surface area contributed by atoms with Crippen molar-refractivity contribution in [1.82, 2.24) is 20.8 Å². The lowest BCUT2D eigenvalue weighted by molar-refractivity contribution is 0.0935. The third-order valence-corrected chi connectivity index (χ3v) is 5.89. The summed E-state index contributed by atoms with van der Waals surface area (Å²) in [6, 6.07) is 13.6. The summed E-state index contributed by atoms with van der Waals surface area (Å²) >= 11 is 0. The molecule has 160 valence electrons. The molecule has 0 saturated heterocycles. The van der Waals surface area contributed by atoms with E-state index in [1.54, 1.807) is 6.20 Å². The fourth-order valence-corrected chi connectivity index (χ4v) is 4.14. The summed E-state index contributed by atoms with van der Waals surface area (Å²) in [4.78, 5) is 25.4. The van der Waals surface area contributed by atoms with Crippen molar-refractivity contribution < 1.29 is 9.59 Å². The molecule has 3 N–H and O–H groups in total. The molecule has 1 aliphatic carbocycles. The van der Waals surface area contributed by atoms with Crippen LogP contribution in [0.5, 0.6) is 0 Å². The van der Waals surface area contributed by atoms with Crippen molar-refractivity contribution in [1.29, 1.82) is 0 Å². The average molecular weight is 417 g/mol. The Morgan fingerprint density at radius 1 is 1.06 bits per heavy atom. The van der Waals surface area contributed by atoms with Crippen LogP contribution in [0.25, 0.3) is 11.1 Å². The first-order valence-electron chi connectivity index (χ1n) is 10.9. The molecule has 1 heterocycles. The molecule has 6 heteroatoms. The molecule has 0 unspecified atom stereocenters. The van der Waals surface area contributed by atoms with E-state index in [4.69, 9.17) is 0 Å². The van der Waals surface area contributed by atoms with Crippen molar-refractivity contribution in [3.05, 3.63) is 77.1 Å². The molecule has 0 spiro atoms. The topological polar surface area (TPSA) is 86.9 Å². The Labute approximate surface area is 182 Å². The van der Waals surface area contributed by atoms with Crippen LogP contribution in [0.2, 0.25) is 0 Å². The number of carbonyl (C=O) groups is 2. The van der Waals surface area contributed by atoms with E-state index in [1.807, 2.05) is 55.6 Å². The Morgan fingerprint density at radius 2 is 1.90 bits per heavy atom. The highest BCUT2D eigenvalue weighted by Gasteiger charge is 2.18. The summed E-state index contributed by atoms with van der Waals surface area (Å²) in [5.74, 6) is -0.153. The van der Waals surface area contributed by atoms with Gasteiger partial charge in [0, 0.05) is 35.5 Å². The number of rotatable bonds is 7. The largest absolute Gasteiger partial charge is 0.349 e. The van der Waals surface area contributed by atoms with Gasteiger partial charge < -0.3 is 10.6 Å². The normalized spacial score (nSPS) is 13.8. The highest BCUT2D eigenvalue weighted by atomic mass is 16.2. The van der Waals surface area contributed by atoms with Gasteiger partial charge in [0.05, 0.1) is 6.20 Å². The first kappa shape index (κ1) is 20.8. The molecule has 1 aromatic heterocycles. The zero-order chi connectivity index (χ0) is 21.6. The number of hydrogen-bond donors (Lipinski definition) is 3. The predicted octanol–water partition coefficient (Wildman–Crippen LogP) is 4.24. The molecule has 0 aliphatic heterocycles. The Bertz CT molecular complexity index is 1050. The van der Waals surface area contributed by atoms with E-state index >= 15 is 0 Å². The maximum Gasteiger partial charge on any atom is 0.251 e. The fourth-order valence-electron chi connectivity index (χ4n) is 4.14. The molecule has 2 amide bonds. The van der Waals surface area contributed by atoms with Gasteiger partial charge in [0.2, 0.25) is 0 Å². The summed E-state index contributed by atoms with van der Waals surface area (Å²) in [7, 11) is 0. The second kappa shape index (κ2) is 9.60. The van der Waals surface area contributed by atoms with Gasteiger partial charge in [-0.1, -0.05) is 44.0 Å². The summed E-state index contributed by atoms with van der Waals surface area (Å²) in [5.41, 5.74) is 5.22. The van der Waals surface area contributed by atoms with Crippen LogP contribution in [0, 0.1) is 0 Å². The number of aryl methyl sites for hydroxylation is 1. The predicted molar refractivity (Wildman–Crippen MR) is 121 cm³/mol. The lowest BCUT2D eigenvalue weighted by atomic mass is 9.98. The van der Waals surface area contributed by atoms with Crippen molar-refractivity contribution in [2.24, 2.45) is 0 Å². The second-order valence-corrected chi connectivity index (χ2v) is 8.05. The monoisotopic (exact) mass is 416 g/mol. The van der Waals surface area contributed by atoms with Crippen molar-refractivity contribution in [2.45, 2.75) is 51.6 Å². The molecule has 31 heavy (non-hydrogen) atoms. The molecule has 4 rings (SSSR count). The summed E-state index contributed by atoms with van der Waals surface area (Å²) in [6.45, 7) is 2.41. The molecule has 0 radical (unpaired) electrons. The number of carbonyl (C=O) groups excluding carboxylic acids is 2. The summed E-state index contributed by atoms with van der Waals surface area (Å²) < 4.78 is 0. The van der Waals surface area contributed by atoms with Crippen LogP contribution in [0.15, 0.2) is 54.9 Å². The van der Waals surface area contributed by atoms with Gasteiger partial charge in [-0.2, -0.15) is 5.10 Å². The number of aromatic nitrogens is 2. The average Bonchev–Trinajstić information content (AvgIpc) is 3.52. The SMILES string of the molecule is CCc1cc(-c2cn[nH]c2)ccc1C(=O)NCc1cccc(C(=O)NC2CCCC2)c1. The lowest BCUT2D eigenvalue weighted by Gasteiger charge is -2.13. The van der Waals surface area contributed by atoms with Gasteiger partial charge in [-0.25, -0.2) is 0 Å². The molecule has 2 aromatic carbocycles. The molecule has 0 bridgehead atoms. The zero-order valence-electron chi connectivity index (χ0n) is 17.8. The van der Waals surface area contributed by atoms with Gasteiger partial charge in [-0.05, 0) is 54.2 Å². The van der Waals surface area contributed by atoms with Crippen molar-refractivity contribution in [2.75, 3.05) is 0 Å². The first-order chi connectivity index (χ1) is 15.1. The molecule has 1 saturated carbocycles. The molecule has 1 fully saturated rings. The van der Waals surface area contributed by atoms with E-state index in [9.17, 15) is 9.59 Å². The van der Waals surface area contributed by atoms with Gasteiger partial charge in [0.15, 0.2) is 0 Å². The van der Waals surface area contributed by atoms with Gasteiger partial charge in [0.1, 0.15) is 0 Å². The quantitative estimate of drug-likeness (QED) is 0.538. The maximum atomic E-state index is 12.8. The Hall–Kier alpha value is -3.41. The Morgan fingerprint density at radius 3 is 2.65 bits per heavy atom. The molecular formula is C25H28N4O2.